The Morgan fingerprint density at radius 2 is 1.95 bits per heavy atom. The third kappa shape index (κ3) is 2.00. The van der Waals surface area contributed by atoms with Crippen LogP contribution in [0.3, 0.4) is 0 Å². The maximum absolute atomic E-state index is 11.9. The molecular weight excluding hydrogens is 244 g/mol. The average Bonchev–Trinajstić information content (AvgIpc) is 2.97. The van der Waals surface area contributed by atoms with Crippen LogP contribution in [-0.4, -0.2) is 36.0 Å². The van der Waals surface area contributed by atoms with Gasteiger partial charge in [0, 0.05) is 13.2 Å². The second kappa shape index (κ2) is 4.74. The van der Waals surface area contributed by atoms with Crippen molar-refractivity contribution in [2.45, 2.75) is 63.6 Å². The van der Waals surface area contributed by atoms with Gasteiger partial charge in [-0.25, -0.2) is 0 Å². The lowest BCUT2D eigenvalue weighted by atomic mass is 9.64. The molecule has 0 amide bonds. The molecule has 3 unspecified atom stereocenters. The van der Waals surface area contributed by atoms with E-state index in [0.29, 0.717) is 19.6 Å². The molecule has 3 rings (SSSR count). The van der Waals surface area contributed by atoms with E-state index in [1.165, 1.54) is 12.8 Å². The summed E-state index contributed by atoms with van der Waals surface area (Å²) in [6.07, 6.45) is 6.91. The van der Waals surface area contributed by atoms with E-state index in [4.69, 9.17) is 9.47 Å². The highest BCUT2D eigenvalue weighted by Gasteiger charge is 2.57. The Hall–Kier alpha value is -0.610. The molecule has 2 aliphatic heterocycles. The molecule has 1 N–H and O–H groups in total. The molecule has 0 aromatic carbocycles. The van der Waals surface area contributed by atoms with Gasteiger partial charge in [0.15, 0.2) is 0 Å². The highest BCUT2D eigenvalue weighted by molar-refractivity contribution is 5.76. The van der Waals surface area contributed by atoms with E-state index in [-0.39, 0.29) is 17.6 Å². The van der Waals surface area contributed by atoms with Gasteiger partial charge in [-0.2, -0.15) is 0 Å². The summed E-state index contributed by atoms with van der Waals surface area (Å²) in [7, 11) is 0. The minimum atomic E-state index is -0.681. The lowest BCUT2D eigenvalue weighted by Gasteiger charge is -2.45. The normalized spacial score (nSPS) is 41.7. The Labute approximate surface area is 114 Å². The van der Waals surface area contributed by atoms with Crippen LogP contribution in [0.25, 0.3) is 0 Å². The van der Waals surface area contributed by atoms with Crippen LogP contribution < -0.4 is 0 Å². The summed E-state index contributed by atoms with van der Waals surface area (Å²) in [5.41, 5.74) is -0.701. The van der Waals surface area contributed by atoms with E-state index in [1.54, 1.807) is 0 Å². The third-order valence-corrected chi connectivity index (χ3v) is 5.74. The molecule has 108 valence electrons. The van der Waals surface area contributed by atoms with Crippen molar-refractivity contribution in [2.24, 2.45) is 11.3 Å². The molecule has 1 aliphatic carbocycles. The molecule has 3 aliphatic rings. The molecule has 1 spiro atoms. The van der Waals surface area contributed by atoms with E-state index in [9.17, 15) is 9.90 Å². The van der Waals surface area contributed by atoms with E-state index >= 15 is 0 Å². The fourth-order valence-electron chi connectivity index (χ4n) is 4.58. The van der Waals surface area contributed by atoms with Crippen molar-refractivity contribution in [2.75, 3.05) is 13.2 Å². The summed E-state index contributed by atoms with van der Waals surface area (Å²) < 4.78 is 11.7. The van der Waals surface area contributed by atoms with Crippen LogP contribution in [0.5, 0.6) is 0 Å². The second-order valence-electron chi connectivity index (χ2n) is 6.54. The fourth-order valence-corrected chi connectivity index (χ4v) is 4.58. The van der Waals surface area contributed by atoms with Crippen molar-refractivity contribution in [3.05, 3.63) is 0 Å². The van der Waals surface area contributed by atoms with Gasteiger partial charge in [0.25, 0.3) is 0 Å². The SMILES string of the molecule is CC1OCCC1(C(=O)O)C1CCOC2(CCCC2)C1. The molecule has 4 nitrogen and oxygen atoms in total. The Balaban J connectivity index is 1.85. The van der Waals surface area contributed by atoms with Crippen molar-refractivity contribution >= 4 is 5.97 Å². The van der Waals surface area contributed by atoms with Gasteiger partial charge in [-0.3, -0.25) is 4.79 Å². The first kappa shape index (κ1) is 13.4. The van der Waals surface area contributed by atoms with Crippen molar-refractivity contribution in [1.82, 2.24) is 0 Å². The number of rotatable bonds is 2. The van der Waals surface area contributed by atoms with Gasteiger partial charge < -0.3 is 14.6 Å². The molecule has 3 fully saturated rings. The number of carbonyl (C=O) groups is 1. The zero-order valence-corrected chi connectivity index (χ0v) is 11.7. The molecule has 0 radical (unpaired) electrons. The minimum absolute atomic E-state index is 0.0202. The molecule has 2 heterocycles. The lowest BCUT2D eigenvalue weighted by Crippen LogP contribution is -2.50. The number of hydrogen-bond acceptors (Lipinski definition) is 3. The van der Waals surface area contributed by atoms with Crippen LogP contribution in [0.15, 0.2) is 0 Å². The Morgan fingerprint density at radius 3 is 2.53 bits per heavy atom. The minimum Gasteiger partial charge on any atom is -0.481 e. The summed E-state index contributed by atoms with van der Waals surface area (Å²) in [5, 5.41) is 9.80. The van der Waals surface area contributed by atoms with Crippen molar-refractivity contribution in [1.29, 1.82) is 0 Å². The predicted molar refractivity (Wildman–Crippen MR) is 70.0 cm³/mol. The van der Waals surface area contributed by atoms with Gasteiger partial charge in [-0.1, -0.05) is 12.8 Å². The Bertz CT molecular complexity index is 361. The van der Waals surface area contributed by atoms with Gasteiger partial charge >= 0.3 is 5.97 Å². The zero-order chi connectivity index (χ0) is 13.5. The predicted octanol–water partition coefficient (Wildman–Crippen LogP) is 2.61. The molecule has 4 heteroatoms. The van der Waals surface area contributed by atoms with Gasteiger partial charge in [-0.15, -0.1) is 0 Å². The van der Waals surface area contributed by atoms with Gasteiger partial charge in [0.1, 0.15) is 0 Å². The van der Waals surface area contributed by atoms with E-state index in [0.717, 1.165) is 25.7 Å². The number of aliphatic carboxylic acids is 1. The largest absolute Gasteiger partial charge is 0.481 e. The van der Waals surface area contributed by atoms with Crippen LogP contribution in [-0.2, 0) is 14.3 Å². The van der Waals surface area contributed by atoms with Crippen LogP contribution in [0.1, 0.15) is 51.9 Å². The molecule has 19 heavy (non-hydrogen) atoms. The van der Waals surface area contributed by atoms with Gasteiger partial charge in [0.05, 0.1) is 17.1 Å². The second-order valence-corrected chi connectivity index (χ2v) is 6.54. The summed E-state index contributed by atoms with van der Waals surface area (Å²) in [4.78, 5) is 11.9. The molecule has 0 aromatic rings. The van der Waals surface area contributed by atoms with E-state index in [2.05, 4.69) is 0 Å². The molecule has 3 atom stereocenters. The first-order chi connectivity index (χ1) is 9.09. The van der Waals surface area contributed by atoms with Gasteiger partial charge in [-0.05, 0) is 44.9 Å². The average molecular weight is 268 g/mol. The number of hydrogen-bond donors (Lipinski definition) is 1. The molecule has 2 saturated heterocycles. The fraction of sp³-hybridized carbons (Fsp3) is 0.933. The van der Waals surface area contributed by atoms with E-state index in [1.807, 2.05) is 6.92 Å². The molecular formula is C15H24O4. The van der Waals surface area contributed by atoms with Crippen LogP contribution >= 0.6 is 0 Å². The zero-order valence-electron chi connectivity index (χ0n) is 11.7. The van der Waals surface area contributed by atoms with Crippen LogP contribution in [0.4, 0.5) is 0 Å². The Morgan fingerprint density at radius 1 is 1.21 bits per heavy atom. The molecule has 0 bridgehead atoms. The molecule has 1 saturated carbocycles. The first-order valence-corrected chi connectivity index (χ1v) is 7.58. The topological polar surface area (TPSA) is 55.8 Å². The van der Waals surface area contributed by atoms with Crippen molar-refractivity contribution in [3.63, 3.8) is 0 Å². The monoisotopic (exact) mass is 268 g/mol. The van der Waals surface area contributed by atoms with Crippen molar-refractivity contribution < 1.29 is 19.4 Å². The number of ether oxygens (including phenoxy) is 2. The number of carboxylic acids is 1. The maximum atomic E-state index is 11.9. The smallest absolute Gasteiger partial charge is 0.312 e. The highest BCUT2D eigenvalue weighted by atomic mass is 16.5. The highest BCUT2D eigenvalue weighted by Crippen LogP contribution is 2.52. The van der Waals surface area contributed by atoms with Crippen LogP contribution in [0, 0.1) is 11.3 Å². The quantitative estimate of drug-likeness (QED) is 0.836. The third-order valence-electron chi connectivity index (χ3n) is 5.74. The maximum Gasteiger partial charge on any atom is 0.312 e. The lowest BCUT2D eigenvalue weighted by molar-refractivity contribution is -0.168. The standard InChI is InChI=1S/C15H24O4/c1-11-15(13(16)17,7-9-18-11)12-4-8-19-14(10-12)5-2-3-6-14/h11-12H,2-10H2,1H3,(H,16,17). The number of carboxylic acid groups (broad SMARTS) is 1. The summed E-state index contributed by atoms with van der Waals surface area (Å²) in [5.74, 6) is -0.466. The summed E-state index contributed by atoms with van der Waals surface area (Å²) in [6.45, 7) is 3.22. The van der Waals surface area contributed by atoms with Crippen molar-refractivity contribution in [3.8, 4) is 0 Å². The van der Waals surface area contributed by atoms with Gasteiger partial charge in [0.2, 0.25) is 0 Å². The summed E-state index contributed by atoms with van der Waals surface area (Å²) in [6, 6.07) is 0. The Kier molecular flexibility index (Phi) is 3.34. The van der Waals surface area contributed by atoms with E-state index < -0.39 is 11.4 Å². The van der Waals surface area contributed by atoms with Crippen LogP contribution in [0.2, 0.25) is 0 Å². The summed E-state index contributed by atoms with van der Waals surface area (Å²) >= 11 is 0. The first-order valence-electron chi connectivity index (χ1n) is 7.58. The molecule has 0 aromatic heterocycles.